The summed E-state index contributed by atoms with van der Waals surface area (Å²) in [6, 6.07) is 20.5. The van der Waals surface area contributed by atoms with Gasteiger partial charge in [-0.1, -0.05) is 18.2 Å². The van der Waals surface area contributed by atoms with E-state index in [0.29, 0.717) is 22.9 Å². The van der Waals surface area contributed by atoms with Crippen molar-refractivity contribution in [3.63, 3.8) is 0 Å². The van der Waals surface area contributed by atoms with Gasteiger partial charge in [-0.3, -0.25) is 4.79 Å². The monoisotopic (exact) mass is 422 g/mol. The molecular formula is C24H20ClFN2O2. The second kappa shape index (κ2) is 9.01. The minimum Gasteiger partial charge on any atom is -0.455 e. The molecule has 0 aliphatic carbocycles. The van der Waals surface area contributed by atoms with Crippen molar-refractivity contribution in [3.05, 3.63) is 90.4 Å². The Bertz CT molecular complexity index is 1170. The minimum absolute atomic E-state index is 0.236. The van der Waals surface area contributed by atoms with Crippen LogP contribution in [0.1, 0.15) is 16.8 Å². The number of nitrogens with one attached hydrogen (secondary N) is 1. The highest BCUT2D eigenvalue weighted by atomic mass is 35.5. The SMILES string of the molecule is O=C(Nc1ccc(F)cc1Oc1ccc2c(ccn2CCCCl)c1)c1ccccc1. The van der Waals surface area contributed by atoms with Crippen LogP contribution in [-0.4, -0.2) is 16.4 Å². The summed E-state index contributed by atoms with van der Waals surface area (Å²) in [6.45, 7) is 0.840. The molecule has 0 unspecified atom stereocenters. The van der Waals surface area contributed by atoms with Crippen LogP contribution in [0.3, 0.4) is 0 Å². The number of amides is 1. The van der Waals surface area contributed by atoms with Crippen molar-refractivity contribution in [2.24, 2.45) is 0 Å². The molecule has 0 saturated carbocycles. The summed E-state index contributed by atoms with van der Waals surface area (Å²) >= 11 is 5.79. The topological polar surface area (TPSA) is 43.3 Å². The average molecular weight is 423 g/mol. The molecule has 0 saturated heterocycles. The largest absolute Gasteiger partial charge is 0.455 e. The molecular weight excluding hydrogens is 403 g/mol. The Labute approximate surface area is 178 Å². The first-order valence-electron chi connectivity index (χ1n) is 9.63. The van der Waals surface area contributed by atoms with Crippen LogP contribution >= 0.6 is 11.6 Å². The number of benzene rings is 3. The molecule has 30 heavy (non-hydrogen) atoms. The highest BCUT2D eigenvalue weighted by Crippen LogP contribution is 2.32. The molecule has 1 N–H and O–H groups in total. The summed E-state index contributed by atoms with van der Waals surface area (Å²) in [4.78, 5) is 12.5. The molecule has 0 spiro atoms. The van der Waals surface area contributed by atoms with Crippen molar-refractivity contribution >= 4 is 34.1 Å². The first-order valence-corrected chi connectivity index (χ1v) is 10.2. The number of halogens is 2. The van der Waals surface area contributed by atoms with E-state index in [2.05, 4.69) is 9.88 Å². The van der Waals surface area contributed by atoms with Gasteiger partial charge in [0.1, 0.15) is 11.6 Å². The van der Waals surface area contributed by atoms with E-state index in [9.17, 15) is 9.18 Å². The van der Waals surface area contributed by atoms with Gasteiger partial charge in [0, 0.05) is 41.2 Å². The molecule has 0 fully saturated rings. The van der Waals surface area contributed by atoms with E-state index in [1.807, 2.05) is 36.5 Å². The Balaban J connectivity index is 1.58. The molecule has 4 nitrogen and oxygen atoms in total. The molecule has 0 atom stereocenters. The molecule has 152 valence electrons. The number of hydrogen-bond acceptors (Lipinski definition) is 2. The van der Waals surface area contributed by atoms with Gasteiger partial charge in [-0.15, -0.1) is 11.6 Å². The van der Waals surface area contributed by atoms with E-state index < -0.39 is 5.82 Å². The number of carbonyl (C=O) groups is 1. The third-order valence-electron chi connectivity index (χ3n) is 4.73. The molecule has 6 heteroatoms. The quantitative estimate of drug-likeness (QED) is 0.347. The molecule has 0 aliphatic rings. The minimum atomic E-state index is -0.448. The van der Waals surface area contributed by atoms with Crippen LogP contribution in [0.5, 0.6) is 11.5 Å². The summed E-state index contributed by atoms with van der Waals surface area (Å²) in [6.07, 6.45) is 2.89. The normalized spacial score (nSPS) is 10.9. The number of nitrogens with zero attached hydrogens (tertiary/aromatic N) is 1. The van der Waals surface area contributed by atoms with Gasteiger partial charge in [0.2, 0.25) is 0 Å². The summed E-state index contributed by atoms with van der Waals surface area (Å²) < 4.78 is 22.0. The van der Waals surface area contributed by atoms with Crippen LogP contribution in [0.2, 0.25) is 0 Å². The van der Waals surface area contributed by atoms with Crippen LogP contribution in [0.4, 0.5) is 10.1 Å². The number of ether oxygens (including phenoxy) is 1. The Morgan fingerprint density at radius 2 is 1.87 bits per heavy atom. The fraction of sp³-hybridized carbons (Fsp3) is 0.125. The highest BCUT2D eigenvalue weighted by Gasteiger charge is 2.12. The van der Waals surface area contributed by atoms with Crippen LogP contribution < -0.4 is 10.1 Å². The van der Waals surface area contributed by atoms with Crippen molar-refractivity contribution in [3.8, 4) is 11.5 Å². The molecule has 4 rings (SSSR count). The smallest absolute Gasteiger partial charge is 0.255 e. The third kappa shape index (κ3) is 4.47. The molecule has 0 radical (unpaired) electrons. The first kappa shape index (κ1) is 20.0. The molecule has 3 aromatic carbocycles. The van der Waals surface area contributed by atoms with Crippen molar-refractivity contribution < 1.29 is 13.9 Å². The van der Waals surface area contributed by atoms with E-state index >= 15 is 0 Å². The number of aryl methyl sites for hydroxylation is 1. The number of aromatic nitrogens is 1. The van der Waals surface area contributed by atoms with Gasteiger partial charge < -0.3 is 14.6 Å². The molecule has 0 aliphatic heterocycles. The molecule has 1 aromatic heterocycles. The Kier molecular flexibility index (Phi) is 6.00. The number of hydrogen-bond donors (Lipinski definition) is 1. The Hall–Kier alpha value is -3.31. The van der Waals surface area contributed by atoms with E-state index in [4.69, 9.17) is 16.3 Å². The molecule has 4 aromatic rings. The van der Waals surface area contributed by atoms with Gasteiger partial charge in [-0.2, -0.15) is 0 Å². The molecule has 0 bridgehead atoms. The van der Waals surface area contributed by atoms with Crippen LogP contribution in [0.25, 0.3) is 10.9 Å². The molecule has 1 heterocycles. The Morgan fingerprint density at radius 3 is 2.67 bits per heavy atom. The third-order valence-corrected chi connectivity index (χ3v) is 5.00. The lowest BCUT2D eigenvalue weighted by Crippen LogP contribution is -2.12. The number of rotatable bonds is 7. The van der Waals surface area contributed by atoms with Crippen molar-refractivity contribution in [2.75, 3.05) is 11.2 Å². The zero-order valence-corrected chi connectivity index (χ0v) is 16.9. The molecule has 1 amide bonds. The van der Waals surface area contributed by atoms with Crippen LogP contribution in [0, 0.1) is 5.82 Å². The number of fused-ring (bicyclic) bond motifs is 1. The fourth-order valence-corrected chi connectivity index (χ4v) is 3.38. The van der Waals surface area contributed by atoms with Gasteiger partial charge >= 0.3 is 0 Å². The number of anilines is 1. The van der Waals surface area contributed by atoms with Gasteiger partial charge in [0.25, 0.3) is 5.91 Å². The highest BCUT2D eigenvalue weighted by molar-refractivity contribution is 6.17. The summed E-state index contributed by atoms with van der Waals surface area (Å²) in [7, 11) is 0. The van der Waals surface area contributed by atoms with Gasteiger partial charge in [0.15, 0.2) is 5.75 Å². The summed E-state index contributed by atoms with van der Waals surface area (Å²) in [5.41, 5.74) is 1.97. The lowest BCUT2D eigenvalue weighted by Gasteiger charge is -2.13. The second-order valence-electron chi connectivity index (χ2n) is 6.83. The lowest BCUT2D eigenvalue weighted by atomic mass is 10.2. The maximum absolute atomic E-state index is 13.9. The van der Waals surface area contributed by atoms with Gasteiger partial charge in [-0.25, -0.2) is 4.39 Å². The van der Waals surface area contributed by atoms with E-state index in [1.165, 1.54) is 18.2 Å². The van der Waals surface area contributed by atoms with Crippen LogP contribution in [0.15, 0.2) is 79.0 Å². The first-order chi connectivity index (χ1) is 14.6. The zero-order chi connectivity index (χ0) is 20.9. The van der Waals surface area contributed by atoms with Gasteiger partial charge in [0.05, 0.1) is 5.69 Å². The van der Waals surface area contributed by atoms with E-state index in [1.54, 1.807) is 24.3 Å². The number of alkyl halides is 1. The maximum atomic E-state index is 13.9. The van der Waals surface area contributed by atoms with E-state index in [0.717, 1.165) is 23.9 Å². The predicted octanol–water partition coefficient (Wildman–Crippen LogP) is 6.45. The number of carbonyl (C=O) groups excluding carboxylic acids is 1. The predicted molar refractivity (Wildman–Crippen MR) is 118 cm³/mol. The standard InChI is InChI=1S/C24H20ClFN2O2/c25-12-4-13-28-14-11-18-15-20(8-10-22(18)28)30-23-16-19(26)7-9-21(23)27-24(29)17-5-2-1-3-6-17/h1-3,5-11,14-16H,4,12-13H2,(H,27,29). The lowest BCUT2D eigenvalue weighted by molar-refractivity contribution is 0.102. The second-order valence-corrected chi connectivity index (χ2v) is 7.21. The van der Waals surface area contributed by atoms with Crippen molar-refractivity contribution in [1.29, 1.82) is 0 Å². The summed E-state index contributed by atoms with van der Waals surface area (Å²) in [5, 5.41) is 3.80. The fourth-order valence-electron chi connectivity index (χ4n) is 3.26. The Morgan fingerprint density at radius 1 is 1.03 bits per heavy atom. The average Bonchev–Trinajstić information content (AvgIpc) is 3.17. The maximum Gasteiger partial charge on any atom is 0.255 e. The van der Waals surface area contributed by atoms with Crippen molar-refractivity contribution in [2.45, 2.75) is 13.0 Å². The van der Waals surface area contributed by atoms with Crippen molar-refractivity contribution in [1.82, 2.24) is 4.57 Å². The van der Waals surface area contributed by atoms with E-state index in [-0.39, 0.29) is 11.7 Å². The summed E-state index contributed by atoms with van der Waals surface area (Å²) in [5.74, 6) is 0.659. The van der Waals surface area contributed by atoms with Crippen LogP contribution in [-0.2, 0) is 6.54 Å². The van der Waals surface area contributed by atoms with Gasteiger partial charge in [-0.05, 0) is 55.0 Å². The zero-order valence-electron chi connectivity index (χ0n) is 16.1.